The Kier molecular flexibility index (Phi) is 9.68. The van der Waals surface area contributed by atoms with E-state index in [1.165, 1.54) is 37.8 Å². The highest BCUT2D eigenvalue weighted by Crippen LogP contribution is 2.25. The second-order valence-corrected chi connectivity index (χ2v) is 10.3. The normalized spacial score (nSPS) is 11.4. The molecule has 0 aliphatic rings. The van der Waals surface area contributed by atoms with Gasteiger partial charge in [0, 0.05) is 5.39 Å². The van der Waals surface area contributed by atoms with Crippen molar-refractivity contribution in [3.63, 3.8) is 0 Å². The summed E-state index contributed by atoms with van der Waals surface area (Å²) in [6, 6.07) is 19.8. The third kappa shape index (κ3) is 7.38. The summed E-state index contributed by atoms with van der Waals surface area (Å²) in [5, 5.41) is 1.48. The van der Waals surface area contributed by atoms with Crippen LogP contribution in [-0.2, 0) is 32.1 Å². The molecule has 0 unspecified atom stereocenters. The first-order chi connectivity index (χ1) is 17.9. The molecule has 0 fully saturated rings. The van der Waals surface area contributed by atoms with E-state index in [4.69, 9.17) is 11.6 Å². The summed E-state index contributed by atoms with van der Waals surface area (Å²) in [5.74, 6) is -0.836. The quantitative estimate of drug-likeness (QED) is 0.162. The number of fused-ring (bicyclic) bond motifs is 1. The minimum Gasteiger partial charge on any atom is -0.207 e. The summed E-state index contributed by atoms with van der Waals surface area (Å²) in [6.45, 7) is 2.20. The molecule has 4 aromatic carbocycles. The molecule has 4 aromatic rings. The molecular formula is C33H34ClF3. The smallest absolute Gasteiger partial charge is 0.142 e. The van der Waals surface area contributed by atoms with Crippen LogP contribution in [0.3, 0.4) is 0 Å². The van der Waals surface area contributed by atoms with Crippen molar-refractivity contribution in [3.8, 4) is 0 Å². The summed E-state index contributed by atoms with van der Waals surface area (Å²) < 4.78 is 43.6. The van der Waals surface area contributed by atoms with E-state index in [1.54, 1.807) is 18.2 Å². The van der Waals surface area contributed by atoms with Crippen molar-refractivity contribution in [2.75, 3.05) is 0 Å². The summed E-state index contributed by atoms with van der Waals surface area (Å²) in [6.07, 6.45) is 9.26. The lowest BCUT2D eigenvalue weighted by Crippen LogP contribution is -1.98. The van der Waals surface area contributed by atoms with E-state index in [-0.39, 0.29) is 16.7 Å². The molecule has 4 rings (SSSR count). The Morgan fingerprint density at radius 1 is 0.568 bits per heavy atom. The Bertz CT molecular complexity index is 1350. The molecule has 0 amide bonds. The van der Waals surface area contributed by atoms with Gasteiger partial charge in [-0.1, -0.05) is 92.7 Å². The largest absolute Gasteiger partial charge is 0.207 e. The maximum atomic E-state index is 15.2. The third-order valence-electron chi connectivity index (χ3n) is 7.13. The molecule has 0 bridgehead atoms. The van der Waals surface area contributed by atoms with Crippen molar-refractivity contribution in [1.82, 2.24) is 0 Å². The standard InChI is InChI=1S/C33H34ClF3/c1-2-3-4-5-6-7-23-8-13-26(31(35)21-23)14-9-24-11-18-29-28(20-24)17-16-27(33(29)37)15-10-25-12-19-30(34)32(36)22-25/h8,11-13,16-22H,2-7,9-10,14-15H2,1H3. The van der Waals surface area contributed by atoms with Crippen LogP contribution in [0, 0.1) is 17.5 Å². The van der Waals surface area contributed by atoms with E-state index in [1.807, 2.05) is 36.4 Å². The summed E-state index contributed by atoms with van der Waals surface area (Å²) in [7, 11) is 0. The maximum Gasteiger partial charge on any atom is 0.142 e. The fourth-order valence-corrected chi connectivity index (χ4v) is 4.99. The van der Waals surface area contributed by atoms with Crippen LogP contribution >= 0.6 is 11.6 Å². The summed E-state index contributed by atoms with van der Waals surface area (Å²) in [4.78, 5) is 0. The van der Waals surface area contributed by atoms with Gasteiger partial charge in [0.1, 0.15) is 17.5 Å². The van der Waals surface area contributed by atoms with Gasteiger partial charge in [0.25, 0.3) is 0 Å². The van der Waals surface area contributed by atoms with Crippen LogP contribution in [0.25, 0.3) is 10.8 Å². The average Bonchev–Trinajstić information content (AvgIpc) is 2.89. The Hall–Kier alpha value is -2.78. The summed E-state index contributed by atoms with van der Waals surface area (Å²) >= 11 is 5.75. The highest BCUT2D eigenvalue weighted by Gasteiger charge is 2.10. The Morgan fingerprint density at radius 3 is 1.95 bits per heavy atom. The van der Waals surface area contributed by atoms with Gasteiger partial charge in [0.15, 0.2) is 0 Å². The van der Waals surface area contributed by atoms with Gasteiger partial charge >= 0.3 is 0 Å². The van der Waals surface area contributed by atoms with Crippen LogP contribution in [0.1, 0.15) is 66.8 Å². The zero-order valence-corrected chi connectivity index (χ0v) is 22.2. The predicted octanol–water partition coefficient (Wildman–Crippen LogP) is 9.99. The number of unbranched alkanes of at least 4 members (excludes halogenated alkanes) is 4. The second-order valence-electron chi connectivity index (χ2n) is 9.93. The fraction of sp³-hybridized carbons (Fsp3) is 0.333. The molecule has 0 saturated carbocycles. The van der Waals surface area contributed by atoms with Crippen molar-refractivity contribution in [2.45, 2.75) is 71.1 Å². The Balaban J connectivity index is 1.36. The molecular weight excluding hydrogens is 489 g/mol. The molecule has 0 aliphatic heterocycles. The van der Waals surface area contributed by atoms with E-state index >= 15 is 4.39 Å². The van der Waals surface area contributed by atoms with Crippen LogP contribution in [-0.4, -0.2) is 0 Å². The van der Waals surface area contributed by atoms with Crippen molar-refractivity contribution in [2.24, 2.45) is 0 Å². The van der Waals surface area contributed by atoms with Crippen LogP contribution in [0.2, 0.25) is 5.02 Å². The Labute approximate surface area is 223 Å². The number of hydrogen-bond donors (Lipinski definition) is 0. The first-order valence-corrected chi connectivity index (χ1v) is 13.7. The molecule has 0 heterocycles. The number of benzene rings is 4. The number of rotatable bonds is 12. The van der Waals surface area contributed by atoms with E-state index < -0.39 is 5.82 Å². The van der Waals surface area contributed by atoms with Crippen LogP contribution in [0.15, 0.2) is 66.7 Å². The fourth-order valence-electron chi connectivity index (χ4n) is 4.87. The van der Waals surface area contributed by atoms with Gasteiger partial charge in [-0.2, -0.15) is 0 Å². The van der Waals surface area contributed by atoms with E-state index in [0.717, 1.165) is 40.5 Å². The van der Waals surface area contributed by atoms with Gasteiger partial charge in [-0.25, -0.2) is 13.2 Å². The monoisotopic (exact) mass is 522 g/mol. The van der Waals surface area contributed by atoms with E-state index in [9.17, 15) is 8.78 Å². The SMILES string of the molecule is CCCCCCCc1ccc(CCc2ccc3c(F)c(CCc4ccc(Cl)c(F)c4)ccc3c2)c(F)c1. The molecule has 0 spiro atoms. The maximum absolute atomic E-state index is 15.2. The molecule has 0 nitrogen and oxygen atoms in total. The van der Waals surface area contributed by atoms with Gasteiger partial charge in [0.05, 0.1) is 5.02 Å². The first-order valence-electron chi connectivity index (χ1n) is 13.4. The van der Waals surface area contributed by atoms with Crippen LogP contribution in [0.4, 0.5) is 13.2 Å². The van der Waals surface area contributed by atoms with Gasteiger partial charge < -0.3 is 0 Å². The van der Waals surface area contributed by atoms with Gasteiger partial charge in [-0.05, 0) is 89.9 Å². The highest BCUT2D eigenvalue weighted by atomic mass is 35.5. The third-order valence-corrected chi connectivity index (χ3v) is 7.44. The molecule has 37 heavy (non-hydrogen) atoms. The minimum atomic E-state index is -0.459. The van der Waals surface area contributed by atoms with Crippen molar-refractivity contribution < 1.29 is 13.2 Å². The number of halogens is 4. The van der Waals surface area contributed by atoms with Gasteiger partial charge in [0.2, 0.25) is 0 Å². The molecule has 0 aromatic heterocycles. The Morgan fingerprint density at radius 2 is 1.19 bits per heavy atom. The van der Waals surface area contributed by atoms with Gasteiger partial charge in [-0.3, -0.25) is 0 Å². The molecule has 0 aliphatic carbocycles. The molecule has 0 atom stereocenters. The first kappa shape index (κ1) is 27.3. The van der Waals surface area contributed by atoms with Crippen molar-refractivity contribution in [1.29, 1.82) is 0 Å². The lowest BCUT2D eigenvalue weighted by Gasteiger charge is -2.10. The zero-order chi connectivity index (χ0) is 26.2. The number of aryl methyl sites for hydroxylation is 5. The zero-order valence-electron chi connectivity index (χ0n) is 21.4. The average molecular weight is 523 g/mol. The van der Waals surface area contributed by atoms with Gasteiger partial charge in [-0.15, -0.1) is 0 Å². The molecule has 4 heteroatoms. The molecule has 0 radical (unpaired) electrons. The van der Waals surface area contributed by atoms with Crippen molar-refractivity contribution in [3.05, 3.63) is 117 Å². The number of hydrogen-bond acceptors (Lipinski definition) is 0. The van der Waals surface area contributed by atoms with E-state index in [0.29, 0.717) is 36.6 Å². The topological polar surface area (TPSA) is 0 Å². The molecule has 0 N–H and O–H groups in total. The van der Waals surface area contributed by atoms with Crippen LogP contribution in [0.5, 0.6) is 0 Å². The molecule has 194 valence electrons. The highest BCUT2D eigenvalue weighted by molar-refractivity contribution is 6.30. The summed E-state index contributed by atoms with van der Waals surface area (Å²) in [5.41, 5.74) is 4.22. The van der Waals surface area contributed by atoms with Crippen molar-refractivity contribution >= 4 is 22.4 Å². The second kappa shape index (κ2) is 13.1. The lowest BCUT2D eigenvalue weighted by atomic mass is 9.96. The van der Waals surface area contributed by atoms with Crippen LogP contribution < -0.4 is 0 Å². The minimum absolute atomic E-state index is 0.0874. The molecule has 0 saturated heterocycles. The van der Waals surface area contributed by atoms with E-state index in [2.05, 4.69) is 6.92 Å². The lowest BCUT2D eigenvalue weighted by molar-refractivity contribution is 0.601. The predicted molar refractivity (Wildman–Crippen MR) is 149 cm³/mol.